The first-order chi connectivity index (χ1) is 6.72. The van der Waals surface area contributed by atoms with Gasteiger partial charge in [-0.1, -0.05) is 13.8 Å². The van der Waals surface area contributed by atoms with Crippen molar-refractivity contribution in [3.05, 3.63) is 23.7 Å². The minimum atomic E-state index is -1.52. The van der Waals surface area contributed by atoms with E-state index in [2.05, 4.69) is 39.6 Å². The molecule has 2 nitrogen and oxygen atoms in total. The van der Waals surface area contributed by atoms with Gasteiger partial charge in [-0.3, -0.25) is 0 Å². The second-order valence-electron chi connectivity index (χ2n) is 5.74. The molecule has 0 aromatic carbocycles. The Morgan fingerprint density at radius 3 is 2.33 bits per heavy atom. The van der Waals surface area contributed by atoms with Crippen LogP contribution in [0.2, 0.25) is 19.6 Å². The van der Waals surface area contributed by atoms with E-state index in [1.807, 2.05) is 6.08 Å². The minimum absolute atomic E-state index is 0.134. The molecule has 15 heavy (non-hydrogen) atoms. The number of methoxy groups -OCH3 is 1. The molecular weight excluding hydrogens is 204 g/mol. The van der Waals surface area contributed by atoms with Crippen LogP contribution in [0.15, 0.2) is 23.7 Å². The summed E-state index contributed by atoms with van der Waals surface area (Å²) >= 11 is 0. The van der Waals surface area contributed by atoms with Crippen molar-refractivity contribution in [2.75, 3.05) is 7.11 Å². The summed E-state index contributed by atoms with van der Waals surface area (Å²) in [4.78, 5) is 0. The molecule has 0 radical (unpaired) electrons. The zero-order valence-corrected chi connectivity index (χ0v) is 11.7. The van der Waals surface area contributed by atoms with E-state index in [1.54, 1.807) is 7.11 Å². The van der Waals surface area contributed by atoms with Crippen molar-refractivity contribution < 1.29 is 9.16 Å². The number of ether oxygens (including phenoxy) is 1. The van der Waals surface area contributed by atoms with Gasteiger partial charge in [-0.2, -0.15) is 0 Å². The van der Waals surface area contributed by atoms with Crippen molar-refractivity contribution in [3.8, 4) is 0 Å². The quantitative estimate of drug-likeness (QED) is 0.683. The highest BCUT2D eigenvalue weighted by molar-refractivity contribution is 6.70. The van der Waals surface area contributed by atoms with E-state index in [1.165, 1.54) is 0 Å². The van der Waals surface area contributed by atoms with Crippen LogP contribution in [0.3, 0.4) is 0 Å². The van der Waals surface area contributed by atoms with Gasteiger partial charge in [0.15, 0.2) is 0 Å². The first kappa shape index (κ1) is 12.4. The molecule has 1 aliphatic carbocycles. The number of hydrogen-bond acceptors (Lipinski definition) is 2. The van der Waals surface area contributed by atoms with E-state index >= 15 is 0 Å². The van der Waals surface area contributed by atoms with Crippen LogP contribution in [0.4, 0.5) is 0 Å². The SMILES string of the molecule is COC1=CC(O[Si](C)(C)C)=CC(C)(C)C1. The van der Waals surface area contributed by atoms with E-state index in [9.17, 15) is 0 Å². The molecule has 0 N–H and O–H groups in total. The highest BCUT2D eigenvalue weighted by Crippen LogP contribution is 2.34. The summed E-state index contributed by atoms with van der Waals surface area (Å²) in [5.41, 5.74) is 0.134. The van der Waals surface area contributed by atoms with Gasteiger partial charge in [0, 0.05) is 12.5 Å². The van der Waals surface area contributed by atoms with Gasteiger partial charge in [-0.05, 0) is 31.1 Å². The molecule has 0 unspecified atom stereocenters. The lowest BCUT2D eigenvalue weighted by Crippen LogP contribution is -2.26. The first-order valence-electron chi connectivity index (χ1n) is 5.38. The summed E-state index contributed by atoms with van der Waals surface area (Å²) in [5, 5.41) is 0. The van der Waals surface area contributed by atoms with Crippen molar-refractivity contribution in [3.63, 3.8) is 0 Å². The molecule has 0 atom stereocenters. The molecule has 1 aliphatic rings. The fourth-order valence-corrected chi connectivity index (χ4v) is 2.51. The maximum absolute atomic E-state index is 5.99. The van der Waals surface area contributed by atoms with Crippen LogP contribution in [-0.4, -0.2) is 15.4 Å². The molecule has 0 saturated heterocycles. The molecule has 0 aromatic heterocycles. The van der Waals surface area contributed by atoms with Crippen LogP contribution in [0.1, 0.15) is 20.3 Å². The largest absolute Gasteiger partial charge is 0.544 e. The minimum Gasteiger partial charge on any atom is -0.544 e. The number of rotatable bonds is 3. The van der Waals surface area contributed by atoms with E-state index in [4.69, 9.17) is 9.16 Å². The molecular formula is C12H22O2Si. The van der Waals surface area contributed by atoms with Gasteiger partial charge in [0.1, 0.15) is 5.76 Å². The number of allylic oxidation sites excluding steroid dienone is 3. The predicted molar refractivity (Wildman–Crippen MR) is 66.0 cm³/mol. The van der Waals surface area contributed by atoms with E-state index in [0.29, 0.717) is 0 Å². The van der Waals surface area contributed by atoms with Gasteiger partial charge < -0.3 is 9.16 Å². The number of hydrogen-bond donors (Lipinski definition) is 0. The highest BCUT2D eigenvalue weighted by Gasteiger charge is 2.26. The Morgan fingerprint density at radius 1 is 1.27 bits per heavy atom. The summed E-state index contributed by atoms with van der Waals surface area (Å²) in [6, 6.07) is 0. The molecule has 0 heterocycles. The van der Waals surface area contributed by atoms with Crippen molar-refractivity contribution in [1.29, 1.82) is 0 Å². The Morgan fingerprint density at radius 2 is 1.87 bits per heavy atom. The Kier molecular flexibility index (Phi) is 3.33. The van der Waals surface area contributed by atoms with Gasteiger partial charge >= 0.3 is 0 Å². The summed E-state index contributed by atoms with van der Waals surface area (Å²) in [5.74, 6) is 1.98. The third-order valence-electron chi connectivity index (χ3n) is 2.15. The van der Waals surface area contributed by atoms with Gasteiger partial charge in [-0.25, -0.2) is 0 Å². The first-order valence-corrected chi connectivity index (χ1v) is 8.79. The van der Waals surface area contributed by atoms with Crippen LogP contribution < -0.4 is 0 Å². The fraction of sp³-hybridized carbons (Fsp3) is 0.667. The monoisotopic (exact) mass is 226 g/mol. The average molecular weight is 226 g/mol. The van der Waals surface area contributed by atoms with Crippen molar-refractivity contribution in [2.45, 2.75) is 39.9 Å². The standard InChI is InChI=1S/C12H22O2Si/c1-12(2)8-10(13-3)7-11(9-12)14-15(4,5)6/h7,9H,8H2,1-6H3. The molecule has 0 spiro atoms. The molecule has 1 rings (SSSR count). The van der Waals surface area contributed by atoms with Crippen LogP contribution in [-0.2, 0) is 9.16 Å². The summed E-state index contributed by atoms with van der Waals surface area (Å²) in [6.07, 6.45) is 5.17. The van der Waals surface area contributed by atoms with Gasteiger partial charge in [0.25, 0.3) is 0 Å². The Labute approximate surface area is 94.1 Å². The van der Waals surface area contributed by atoms with Gasteiger partial charge in [0.05, 0.1) is 12.9 Å². The molecule has 0 saturated carbocycles. The van der Waals surface area contributed by atoms with E-state index in [-0.39, 0.29) is 5.41 Å². The maximum atomic E-state index is 5.99. The summed E-state index contributed by atoms with van der Waals surface area (Å²) < 4.78 is 11.3. The zero-order chi connectivity index (χ0) is 11.7. The topological polar surface area (TPSA) is 18.5 Å². The normalized spacial score (nSPS) is 20.4. The smallest absolute Gasteiger partial charge is 0.242 e. The maximum Gasteiger partial charge on any atom is 0.242 e. The van der Waals surface area contributed by atoms with Crippen molar-refractivity contribution in [2.24, 2.45) is 5.41 Å². The second kappa shape index (κ2) is 4.04. The Bertz CT molecular complexity index is 295. The molecule has 3 heteroatoms. The molecule has 0 aliphatic heterocycles. The van der Waals surface area contributed by atoms with Gasteiger partial charge in [-0.15, -0.1) is 0 Å². The molecule has 0 fully saturated rings. The van der Waals surface area contributed by atoms with Crippen LogP contribution in [0, 0.1) is 5.41 Å². The van der Waals surface area contributed by atoms with Crippen LogP contribution in [0.25, 0.3) is 0 Å². The Balaban J connectivity index is 2.87. The van der Waals surface area contributed by atoms with Crippen molar-refractivity contribution >= 4 is 8.32 Å². The van der Waals surface area contributed by atoms with Crippen LogP contribution in [0.5, 0.6) is 0 Å². The van der Waals surface area contributed by atoms with E-state index in [0.717, 1.165) is 17.9 Å². The van der Waals surface area contributed by atoms with Gasteiger partial charge in [0.2, 0.25) is 8.32 Å². The lowest BCUT2D eigenvalue weighted by molar-refractivity contribution is 0.237. The molecule has 86 valence electrons. The summed E-state index contributed by atoms with van der Waals surface area (Å²) in [6.45, 7) is 11.0. The second-order valence-corrected chi connectivity index (χ2v) is 10.2. The highest BCUT2D eigenvalue weighted by atomic mass is 28.4. The lowest BCUT2D eigenvalue weighted by atomic mass is 9.84. The summed E-state index contributed by atoms with van der Waals surface area (Å²) in [7, 11) is 0.204. The Hall–Kier alpha value is -0.703. The fourth-order valence-electron chi connectivity index (χ4n) is 1.68. The van der Waals surface area contributed by atoms with Crippen molar-refractivity contribution in [1.82, 2.24) is 0 Å². The van der Waals surface area contributed by atoms with Crippen LogP contribution >= 0.6 is 0 Å². The molecule has 0 bridgehead atoms. The molecule has 0 aromatic rings. The zero-order valence-electron chi connectivity index (χ0n) is 10.7. The average Bonchev–Trinajstić information content (AvgIpc) is 1.97. The lowest BCUT2D eigenvalue weighted by Gasteiger charge is -2.30. The third-order valence-corrected chi connectivity index (χ3v) is 3.00. The predicted octanol–water partition coefficient (Wildman–Crippen LogP) is 3.68. The van der Waals surface area contributed by atoms with E-state index < -0.39 is 8.32 Å². The molecule has 0 amide bonds. The third kappa shape index (κ3) is 4.12.